The van der Waals surface area contributed by atoms with Gasteiger partial charge in [-0.05, 0) is 17.7 Å². The van der Waals surface area contributed by atoms with Gasteiger partial charge in [-0.2, -0.15) is 0 Å². The minimum atomic E-state index is -0.588. The van der Waals surface area contributed by atoms with Crippen molar-refractivity contribution in [3.05, 3.63) is 57.1 Å². The topological polar surface area (TPSA) is 99.9 Å². The molecule has 0 aromatic heterocycles. The van der Waals surface area contributed by atoms with Crippen LogP contribution >= 0.6 is 11.6 Å². The zero-order valence-electron chi connectivity index (χ0n) is 14.8. The van der Waals surface area contributed by atoms with Crippen molar-refractivity contribution in [1.29, 1.82) is 0 Å². The van der Waals surface area contributed by atoms with E-state index in [1.54, 1.807) is 18.2 Å². The Morgan fingerprint density at radius 1 is 1.11 bits per heavy atom. The van der Waals surface area contributed by atoms with Crippen molar-refractivity contribution in [2.75, 3.05) is 26.6 Å². The van der Waals surface area contributed by atoms with Gasteiger partial charge in [0, 0.05) is 30.0 Å². The minimum Gasteiger partial charge on any atom is -0.493 e. The summed E-state index contributed by atoms with van der Waals surface area (Å²) in [6.45, 7) is 0. The molecule has 0 aliphatic rings. The number of ether oxygens (including phenoxy) is 3. The second-order valence-electron chi connectivity index (χ2n) is 5.20. The van der Waals surface area contributed by atoms with Crippen molar-refractivity contribution in [2.24, 2.45) is 0 Å². The van der Waals surface area contributed by atoms with Crippen LogP contribution in [0.5, 0.6) is 17.2 Å². The largest absolute Gasteiger partial charge is 0.493 e. The van der Waals surface area contributed by atoms with Crippen LogP contribution in [0, 0.1) is 10.1 Å². The summed E-state index contributed by atoms with van der Waals surface area (Å²) in [6, 6.07) is 7.42. The van der Waals surface area contributed by atoms with E-state index in [2.05, 4.69) is 5.32 Å². The van der Waals surface area contributed by atoms with E-state index < -0.39 is 10.8 Å². The number of nitrogens with zero attached hydrogens (tertiary/aromatic N) is 1. The average molecular weight is 393 g/mol. The third-order valence-electron chi connectivity index (χ3n) is 3.53. The van der Waals surface area contributed by atoms with Crippen LogP contribution in [-0.2, 0) is 4.79 Å². The van der Waals surface area contributed by atoms with E-state index >= 15 is 0 Å². The standard InChI is InChI=1S/C18H17ClN2O6/c1-25-15-9-12(10-16(26-2)18(15)27-3)20-17(22)7-5-11-4-6-13(19)14(8-11)21(23)24/h4-10H,1-3H3,(H,20,22)/b7-5+. The number of rotatable bonds is 7. The molecule has 8 nitrogen and oxygen atoms in total. The lowest BCUT2D eigenvalue weighted by Gasteiger charge is -2.14. The van der Waals surface area contributed by atoms with Crippen molar-refractivity contribution in [3.8, 4) is 17.2 Å². The van der Waals surface area contributed by atoms with Crippen LogP contribution in [0.25, 0.3) is 6.08 Å². The third-order valence-corrected chi connectivity index (χ3v) is 3.85. The number of halogens is 1. The fourth-order valence-corrected chi connectivity index (χ4v) is 2.47. The van der Waals surface area contributed by atoms with Crippen molar-refractivity contribution in [1.82, 2.24) is 0 Å². The van der Waals surface area contributed by atoms with Gasteiger partial charge in [0.05, 0.1) is 26.3 Å². The first kappa shape index (κ1) is 20.1. The third kappa shape index (κ3) is 4.89. The molecule has 0 saturated heterocycles. The van der Waals surface area contributed by atoms with Crippen LogP contribution in [0.2, 0.25) is 5.02 Å². The quantitative estimate of drug-likeness (QED) is 0.435. The molecule has 0 bridgehead atoms. The molecule has 0 aliphatic carbocycles. The second kappa shape index (κ2) is 8.91. The second-order valence-corrected chi connectivity index (χ2v) is 5.61. The maximum absolute atomic E-state index is 12.2. The molecular formula is C18H17ClN2O6. The first-order valence-electron chi connectivity index (χ1n) is 7.62. The SMILES string of the molecule is COc1cc(NC(=O)/C=C/c2ccc(Cl)c([N+](=O)[O-])c2)cc(OC)c1OC. The maximum Gasteiger partial charge on any atom is 0.288 e. The molecule has 1 amide bonds. The number of hydrogen-bond donors (Lipinski definition) is 1. The first-order chi connectivity index (χ1) is 12.9. The molecular weight excluding hydrogens is 376 g/mol. The van der Waals surface area contributed by atoms with Gasteiger partial charge in [0.2, 0.25) is 11.7 Å². The van der Waals surface area contributed by atoms with Gasteiger partial charge in [0.1, 0.15) is 5.02 Å². The normalized spacial score (nSPS) is 10.5. The Bertz CT molecular complexity index is 872. The predicted octanol–water partition coefficient (Wildman–Crippen LogP) is 3.93. The van der Waals surface area contributed by atoms with Crippen LogP contribution in [0.1, 0.15) is 5.56 Å². The summed E-state index contributed by atoms with van der Waals surface area (Å²) < 4.78 is 15.7. The Morgan fingerprint density at radius 2 is 1.74 bits per heavy atom. The van der Waals surface area contributed by atoms with Gasteiger partial charge in [0.15, 0.2) is 11.5 Å². The number of amides is 1. The zero-order valence-corrected chi connectivity index (χ0v) is 15.6. The van der Waals surface area contributed by atoms with E-state index in [9.17, 15) is 14.9 Å². The van der Waals surface area contributed by atoms with Crippen LogP contribution in [0.15, 0.2) is 36.4 Å². The van der Waals surface area contributed by atoms with Crippen molar-refractivity contribution >= 4 is 35.0 Å². The monoisotopic (exact) mass is 392 g/mol. The molecule has 0 fully saturated rings. The van der Waals surface area contributed by atoms with Gasteiger partial charge >= 0.3 is 0 Å². The number of hydrogen-bond acceptors (Lipinski definition) is 6. The molecule has 0 radical (unpaired) electrons. The highest BCUT2D eigenvalue weighted by Crippen LogP contribution is 2.39. The Morgan fingerprint density at radius 3 is 2.26 bits per heavy atom. The number of anilines is 1. The highest BCUT2D eigenvalue weighted by Gasteiger charge is 2.14. The summed E-state index contributed by atoms with van der Waals surface area (Å²) in [4.78, 5) is 22.5. The molecule has 0 unspecified atom stereocenters. The summed E-state index contributed by atoms with van der Waals surface area (Å²) in [5, 5.41) is 13.6. The predicted molar refractivity (Wildman–Crippen MR) is 102 cm³/mol. The molecule has 2 rings (SSSR count). The molecule has 142 valence electrons. The number of carbonyl (C=O) groups is 1. The van der Waals surface area contributed by atoms with E-state index in [0.717, 1.165) is 0 Å². The Kier molecular flexibility index (Phi) is 6.62. The van der Waals surface area contributed by atoms with Gasteiger partial charge in [-0.1, -0.05) is 17.7 Å². The summed E-state index contributed by atoms with van der Waals surface area (Å²) in [5.41, 5.74) is 0.663. The maximum atomic E-state index is 12.2. The van der Waals surface area contributed by atoms with Gasteiger partial charge in [-0.25, -0.2) is 0 Å². The smallest absolute Gasteiger partial charge is 0.288 e. The van der Waals surface area contributed by atoms with Crippen molar-refractivity contribution in [3.63, 3.8) is 0 Å². The van der Waals surface area contributed by atoms with Gasteiger partial charge in [0.25, 0.3) is 5.69 Å². The fourth-order valence-electron chi connectivity index (χ4n) is 2.28. The van der Waals surface area contributed by atoms with Crippen LogP contribution < -0.4 is 19.5 Å². The van der Waals surface area contributed by atoms with E-state index in [0.29, 0.717) is 28.5 Å². The lowest BCUT2D eigenvalue weighted by molar-refractivity contribution is -0.384. The molecule has 2 aromatic rings. The van der Waals surface area contributed by atoms with E-state index in [4.69, 9.17) is 25.8 Å². The van der Waals surface area contributed by atoms with E-state index in [1.807, 2.05) is 0 Å². The molecule has 0 atom stereocenters. The Balaban J connectivity index is 2.19. The molecule has 0 aliphatic heterocycles. The van der Waals surface area contributed by atoms with Crippen LogP contribution in [0.4, 0.5) is 11.4 Å². The Labute approximate surface area is 160 Å². The number of nitro benzene ring substituents is 1. The van der Waals surface area contributed by atoms with Crippen LogP contribution in [0.3, 0.4) is 0 Å². The lowest BCUT2D eigenvalue weighted by atomic mass is 10.2. The molecule has 2 aromatic carbocycles. The van der Waals surface area contributed by atoms with Gasteiger partial charge in [-0.3, -0.25) is 14.9 Å². The highest BCUT2D eigenvalue weighted by molar-refractivity contribution is 6.32. The zero-order chi connectivity index (χ0) is 20.0. The molecule has 0 spiro atoms. The Hall–Kier alpha value is -3.26. The van der Waals surface area contributed by atoms with Crippen molar-refractivity contribution < 1.29 is 23.9 Å². The van der Waals surface area contributed by atoms with E-state index in [1.165, 1.54) is 45.6 Å². The lowest BCUT2D eigenvalue weighted by Crippen LogP contribution is -2.08. The summed E-state index contributed by atoms with van der Waals surface area (Å²) >= 11 is 5.76. The minimum absolute atomic E-state index is 0.0269. The first-order valence-corrected chi connectivity index (χ1v) is 8.00. The summed E-state index contributed by atoms with van der Waals surface area (Å²) in [5.74, 6) is 0.748. The summed E-state index contributed by atoms with van der Waals surface area (Å²) in [6.07, 6.45) is 2.69. The van der Waals surface area contributed by atoms with Crippen LogP contribution in [-0.4, -0.2) is 32.2 Å². The molecule has 1 N–H and O–H groups in total. The number of nitrogens with one attached hydrogen (secondary N) is 1. The number of methoxy groups -OCH3 is 3. The number of nitro groups is 1. The molecule has 0 saturated carbocycles. The average Bonchev–Trinajstić information content (AvgIpc) is 2.66. The molecule has 9 heteroatoms. The van der Waals surface area contributed by atoms with Gasteiger partial charge in [-0.15, -0.1) is 0 Å². The fraction of sp³-hybridized carbons (Fsp3) is 0.167. The number of benzene rings is 2. The molecule has 0 heterocycles. The number of carbonyl (C=O) groups excluding carboxylic acids is 1. The summed E-state index contributed by atoms with van der Waals surface area (Å²) in [7, 11) is 4.42. The molecule has 27 heavy (non-hydrogen) atoms. The van der Waals surface area contributed by atoms with E-state index in [-0.39, 0.29) is 10.7 Å². The van der Waals surface area contributed by atoms with Crippen molar-refractivity contribution in [2.45, 2.75) is 0 Å². The van der Waals surface area contributed by atoms with Gasteiger partial charge < -0.3 is 19.5 Å². The highest BCUT2D eigenvalue weighted by atomic mass is 35.5.